The van der Waals surface area contributed by atoms with Gasteiger partial charge in [0.25, 0.3) is 0 Å². The summed E-state index contributed by atoms with van der Waals surface area (Å²) >= 11 is 0. The Morgan fingerprint density at radius 3 is 2.67 bits per heavy atom. The lowest BCUT2D eigenvalue weighted by Crippen LogP contribution is -2.55. The van der Waals surface area contributed by atoms with Gasteiger partial charge in [0.05, 0.1) is 29.7 Å². The Balaban J connectivity index is 1.07. The van der Waals surface area contributed by atoms with Gasteiger partial charge in [-0.1, -0.05) is 28.1 Å². The van der Waals surface area contributed by atoms with Crippen molar-refractivity contribution in [2.24, 2.45) is 5.16 Å². The fourth-order valence-corrected chi connectivity index (χ4v) is 6.95. The summed E-state index contributed by atoms with van der Waals surface area (Å²) in [7, 11) is 1.40. The second-order valence-corrected chi connectivity index (χ2v) is 12.7. The van der Waals surface area contributed by atoms with Gasteiger partial charge in [0, 0.05) is 56.1 Å². The zero-order valence-electron chi connectivity index (χ0n) is 26.7. The average molecular weight is 659 g/mol. The van der Waals surface area contributed by atoms with E-state index in [1.165, 1.54) is 18.0 Å². The van der Waals surface area contributed by atoms with Crippen LogP contribution in [0, 0.1) is 12.7 Å². The molecule has 2 unspecified atom stereocenters. The summed E-state index contributed by atoms with van der Waals surface area (Å²) in [6.07, 6.45) is 5.15. The number of aryl methyl sites for hydroxylation is 1. The SMILES string of the molecule is COc1c(N2CCN(C(=O)Cn3cc(CC4NC(=NO)c5cc(C)ccc54)nn3)C(C)C2)c(F)cc2c(=O)c(C(=O)O)cn(C3CC3)c12. The number of hydrogen-bond donors (Lipinski definition) is 3. The highest BCUT2D eigenvalue weighted by molar-refractivity contribution is 6.03. The molecule has 2 fully saturated rings. The molecule has 250 valence electrons. The molecule has 14 nitrogen and oxygen atoms in total. The van der Waals surface area contributed by atoms with Crippen LogP contribution in [0.25, 0.3) is 10.9 Å². The van der Waals surface area contributed by atoms with Crippen LogP contribution in [0.1, 0.15) is 64.6 Å². The van der Waals surface area contributed by atoms with Crippen LogP contribution in [0.15, 0.2) is 46.6 Å². The number of nitrogens with one attached hydrogen (secondary N) is 1. The number of amidine groups is 1. The Morgan fingerprint density at radius 2 is 1.98 bits per heavy atom. The van der Waals surface area contributed by atoms with E-state index >= 15 is 4.39 Å². The van der Waals surface area contributed by atoms with E-state index in [4.69, 9.17) is 4.74 Å². The van der Waals surface area contributed by atoms with Crippen molar-refractivity contribution >= 4 is 34.3 Å². The predicted molar refractivity (Wildman–Crippen MR) is 172 cm³/mol. The van der Waals surface area contributed by atoms with Crippen LogP contribution >= 0.6 is 0 Å². The largest absolute Gasteiger partial charge is 0.492 e. The van der Waals surface area contributed by atoms with Gasteiger partial charge in [-0.15, -0.1) is 5.10 Å². The van der Waals surface area contributed by atoms with Gasteiger partial charge >= 0.3 is 5.97 Å². The van der Waals surface area contributed by atoms with Crippen LogP contribution in [0.5, 0.6) is 5.75 Å². The number of fused-ring (bicyclic) bond motifs is 2. The minimum atomic E-state index is -1.37. The van der Waals surface area contributed by atoms with E-state index in [-0.39, 0.29) is 47.4 Å². The number of pyridine rings is 1. The Kier molecular flexibility index (Phi) is 7.76. The lowest BCUT2D eigenvalue weighted by molar-refractivity contribution is -0.134. The Morgan fingerprint density at radius 1 is 1.19 bits per heavy atom. The van der Waals surface area contributed by atoms with Gasteiger partial charge in [-0.3, -0.25) is 9.59 Å². The molecule has 3 N–H and O–H groups in total. The molecule has 0 bridgehead atoms. The van der Waals surface area contributed by atoms with Crippen LogP contribution in [0.4, 0.5) is 10.1 Å². The molecule has 1 saturated carbocycles. The first-order chi connectivity index (χ1) is 23.1. The first-order valence-electron chi connectivity index (χ1n) is 15.8. The van der Waals surface area contributed by atoms with Crippen molar-refractivity contribution in [1.29, 1.82) is 0 Å². The quantitative estimate of drug-likeness (QED) is 0.189. The molecule has 2 aromatic heterocycles. The summed E-state index contributed by atoms with van der Waals surface area (Å²) in [5, 5.41) is 34.1. The van der Waals surface area contributed by atoms with Crippen molar-refractivity contribution in [2.75, 3.05) is 31.6 Å². The molecule has 0 spiro atoms. The smallest absolute Gasteiger partial charge is 0.341 e. The summed E-state index contributed by atoms with van der Waals surface area (Å²) < 4.78 is 24.8. The molecule has 2 aliphatic heterocycles. The first-order valence-corrected chi connectivity index (χ1v) is 15.8. The lowest BCUT2D eigenvalue weighted by atomic mass is 9.99. The number of nitrogens with zero attached hydrogens (tertiary/aromatic N) is 7. The standard InChI is InChI=1S/C33H35FN8O6/c1-17-4-7-21-22(10-17)32(37-47)35-26(21)11-19-14-40(38-36-19)16-27(43)41-9-8-39(13-18(41)2)29-25(34)12-23-28(31(29)48-3)42(20-5-6-20)15-24(30(23)44)33(45)46/h4,7,10,12,14-15,18,20,26,47H,5-6,8-9,11,13,16H2,1-3H3,(H,35,37)(H,45,46). The summed E-state index contributed by atoms with van der Waals surface area (Å²) in [5.41, 5.74) is 2.91. The fraction of sp³-hybridized carbons (Fsp3) is 0.394. The molecule has 1 amide bonds. The number of aromatic carboxylic acids is 1. The summed E-state index contributed by atoms with van der Waals surface area (Å²) in [6, 6.07) is 6.59. The zero-order valence-corrected chi connectivity index (χ0v) is 26.7. The van der Waals surface area contributed by atoms with Gasteiger partial charge < -0.3 is 34.7 Å². The Bertz CT molecular complexity index is 2050. The highest BCUT2D eigenvalue weighted by Crippen LogP contribution is 2.44. The number of halogens is 1. The molecular weight excluding hydrogens is 623 g/mol. The number of carboxylic acid groups (broad SMARTS) is 1. The van der Waals surface area contributed by atoms with Crippen LogP contribution in [0.3, 0.4) is 0 Å². The molecule has 15 heteroatoms. The minimum absolute atomic E-state index is 0.00883. The first kappa shape index (κ1) is 31.1. The van der Waals surface area contributed by atoms with Gasteiger partial charge in [0.1, 0.15) is 17.8 Å². The highest BCUT2D eigenvalue weighted by atomic mass is 19.1. The second-order valence-electron chi connectivity index (χ2n) is 12.7. The molecule has 3 aliphatic rings. The number of amides is 1. The second kappa shape index (κ2) is 12.0. The van der Waals surface area contributed by atoms with E-state index in [0.29, 0.717) is 43.1 Å². The van der Waals surface area contributed by atoms with Crippen molar-refractivity contribution in [3.8, 4) is 5.75 Å². The molecule has 0 radical (unpaired) electrons. The van der Waals surface area contributed by atoms with Crippen LogP contribution in [0.2, 0.25) is 0 Å². The Hall–Kier alpha value is -5.47. The normalized spacial score (nSPS) is 19.9. The van der Waals surface area contributed by atoms with Crippen LogP contribution < -0.4 is 20.4 Å². The summed E-state index contributed by atoms with van der Waals surface area (Å²) in [4.78, 5) is 41.8. The monoisotopic (exact) mass is 658 g/mol. The number of ether oxygens (including phenoxy) is 1. The fourth-order valence-electron chi connectivity index (χ4n) is 6.95. The average Bonchev–Trinajstić information content (AvgIpc) is 3.72. The van der Waals surface area contributed by atoms with Crippen molar-refractivity contribution < 1.29 is 29.0 Å². The highest BCUT2D eigenvalue weighted by Gasteiger charge is 2.35. The number of piperazine rings is 1. The van der Waals surface area contributed by atoms with Crippen molar-refractivity contribution in [2.45, 2.75) is 57.8 Å². The van der Waals surface area contributed by atoms with Crippen molar-refractivity contribution in [3.05, 3.63) is 80.6 Å². The number of rotatable bonds is 8. The number of carboxylic acids is 1. The van der Waals surface area contributed by atoms with Gasteiger partial charge in [-0.25, -0.2) is 13.9 Å². The van der Waals surface area contributed by atoms with Gasteiger partial charge in [0.15, 0.2) is 17.4 Å². The van der Waals surface area contributed by atoms with Crippen LogP contribution in [-0.4, -0.2) is 85.3 Å². The third kappa shape index (κ3) is 5.38. The number of hydrogen-bond acceptors (Lipinski definition) is 9. The van der Waals surface area contributed by atoms with E-state index in [1.807, 2.05) is 32.0 Å². The maximum absolute atomic E-state index is 15.8. The predicted octanol–water partition coefficient (Wildman–Crippen LogP) is 2.84. The molecule has 1 aliphatic carbocycles. The maximum atomic E-state index is 15.8. The number of carbonyl (C=O) groups is 2. The van der Waals surface area contributed by atoms with E-state index < -0.39 is 22.8 Å². The van der Waals surface area contributed by atoms with Gasteiger partial charge in [0.2, 0.25) is 11.3 Å². The molecule has 2 aromatic carbocycles. The zero-order chi connectivity index (χ0) is 33.9. The molecule has 2 atom stereocenters. The van der Waals surface area contributed by atoms with Crippen LogP contribution in [-0.2, 0) is 17.8 Å². The number of anilines is 1. The summed E-state index contributed by atoms with van der Waals surface area (Å²) in [5.74, 6) is -1.66. The minimum Gasteiger partial charge on any atom is -0.492 e. The molecule has 7 rings (SSSR count). The van der Waals surface area contributed by atoms with E-state index in [9.17, 15) is 24.7 Å². The molecule has 4 heterocycles. The Labute approximate surface area is 274 Å². The van der Waals surface area contributed by atoms with Crippen molar-refractivity contribution in [1.82, 2.24) is 29.8 Å². The number of benzene rings is 2. The third-order valence-corrected chi connectivity index (χ3v) is 9.38. The van der Waals surface area contributed by atoms with E-state index in [2.05, 4.69) is 20.8 Å². The topological polar surface area (TPSA) is 167 Å². The van der Waals surface area contributed by atoms with E-state index in [0.717, 1.165) is 35.6 Å². The number of carbonyl (C=O) groups excluding carboxylic acids is 1. The van der Waals surface area contributed by atoms with E-state index in [1.54, 1.807) is 20.6 Å². The number of aromatic nitrogens is 4. The van der Waals surface area contributed by atoms with Gasteiger partial charge in [-0.05, 0) is 44.4 Å². The molecule has 1 saturated heterocycles. The number of methoxy groups -OCH3 is 1. The molecule has 4 aromatic rings. The van der Waals surface area contributed by atoms with Crippen molar-refractivity contribution in [3.63, 3.8) is 0 Å². The third-order valence-electron chi connectivity index (χ3n) is 9.38. The molecule has 48 heavy (non-hydrogen) atoms. The number of oxime groups is 1. The lowest BCUT2D eigenvalue weighted by Gasteiger charge is -2.41. The van der Waals surface area contributed by atoms with Gasteiger partial charge in [-0.2, -0.15) is 0 Å². The summed E-state index contributed by atoms with van der Waals surface area (Å²) in [6.45, 7) is 4.74. The molecular formula is C33H35FN8O6. The maximum Gasteiger partial charge on any atom is 0.341 e.